The number of aromatic nitrogens is 1. The predicted octanol–water partition coefficient (Wildman–Crippen LogP) is 1.68. The Hall–Kier alpha value is -1.82. The van der Waals surface area contributed by atoms with E-state index in [-0.39, 0.29) is 57.3 Å². The van der Waals surface area contributed by atoms with Crippen LogP contribution in [0.25, 0.3) is 11.1 Å². The van der Waals surface area contributed by atoms with Crippen LogP contribution < -0.4 is 49.4 Å². The number of phosphoric acid groups is 1. The molecule has 8 nitrogen and oxygen atoms in total. The fourth-order valence-electron chi connectivity index (χ4n) is 2.86. The molecule has 0 aliphatic heterocycles. The predicted molar refractivity (Wildman–Crippen MR) is 110 cm³/mol. The van der Waals surface area contributed by atoms with Gasteiger partial charge >= 0.3 is 35.9 Å². The van der Waals surface area contributed by atoms with Crippen molar-refractivity contribution in [3.05, 3.63) is 75.2 Å². The summed E-state index contributed by atoms with van der Waals surface area (Å²) < 4.78 is 61.4. The summed E-state index contributed by atoms with van der Waals surface area (Å²) in [6.07, 6.45) is -4.80. The van der Waals surface area contributed by atoms with Crippen molar-refractivity contribution in [2.24, 2.45) is 0 Å². The number of benzene rings is 2. The van der Waals surface area contributed by atoms with Gasteiger partial charge in [0, 0.05) is 5.69 Å². The van der Waals surface area contributed by atoms with Crippen molar-refractivity contribution in [3.8, 4) is 28.4 Å². The van der Waals surface area contributed by atoms with E-state index in [0.29, 0.717) is 11.3 Å². The smallest absolute Gasteiger partial charge is 0.756 e. The minimum Gasteiger partial charge on any atom is -0.756 e. The first-order valence-electron chi connectivity index (χ1n) is 9.06. The molecule has 0 aliphatic carbocycles. The van der Waals surface area contributed by atoms with E-state index in [1.807, 2.05) is 0 Å². The van der Waals surface area contributed by atoms with Crippen LogP contribution in [-0.4, -0.2) is 16.2 Å². The Morgan fingerprint density at radius 3 is 2.06 bits per heavy atom. The summed E-state index contributed by atoms with van der Waals surface area (Å²) in [4.78, 5) is 35.3. The average molecular weight is 528 g/mol. The molecule has 176 valence electrons. The van der Waals surface area contributed by atoms with Crippen LogP contribution in [0.1, 0.15) is 11.4 Å². The van der Waals surface area contributed by atoms with Crippen LogP contribution in [0.4, 0.5) is 13.2 Å². The van der Waals surface area contributed by atoms with Crippen molar-refractivity contribution < 1.29 is 71.1 Å². The number of rotatable bonds is 7. The van der Waals surface area contributed by atoms with Crippen molar-refractivity contribution in [1.29, 1.82) is 0 Å². The minimum absolute atomic E-state index is 0. The van der Waals surface area contributed by atoms with Crippen LogP contribution >= 0.6 is 19.4 Å². The Labute approximate surface area is 218 Å². The maximum Gasteiger partial charge on any atom is 1.00 e. The molecule has 0 saturated heterocycles. The van der Waals surface area contributed by atoms with Crippen molar-refractivity contribution in [1.82, 2.24) is 4.98 Å². The molecule has 0 bridgehead atoms. The number of phosphoric ester groups is 1. The van der Waals surface area contributed by atoms with E-state index in [0.717, 1.165) is 12.1 Å². The van der Waals surface area contributed by atoms with Crippen LogP contribution in [0.2, 0.25) is 5.02 Å². The summed E-state index contributed by atoms with van der Waals surface area (Å²) in [6.45, 7) is 0.874. The average Bonchev–Trinajstić information content (AvgIpc) is 2.71. The van der Waals surface area contributed by atoms with E-state index in [1.54, 1.807) is 0 Å². The number of hydrogen-bond acceptors (Lipinski definition) is 6. The zero-order valence-corrected chi connectivity index (χ0v) is 21.3. The molecule has 2 N–H and O–H groups in total. The second-order valence-electron chi connectivity index (χ2n) is 6.63. The molecule has 1 heterocycles. The number of hydrogen-bond donors (Lipinski definition) is 2. The molecule has 2 aromatic carbocycles. The molecule has 1 aromatic heterocycles. The van der Waals surface area contributed by atoms with Crippen molar-refractivity contribution >= 4 is 19.4 Å². The van der Waals surface area contributed by atoms with Crippen LogP contribution in [0.15, 0.2) is 53.3 Å². The van der Waals surface area contributed by atoms with Gasteiger partial charge in [-0.3, -0.25) is 9.36 Å². The van der Waals surface area contributed by atoms with Gasteiger partial charge in [0.2, 0.25) is 5.43 Å². The molecular formula is C20H15ClF3NNaO7P. The Balaban J connectivity index is 0.00000408. The van der Waals surface area contributed by atoms with Gasteiger partial charge in [0.1, 0.15) is 22.3 Å². The largest absolute Gasteiger partial charge is 1.00 e. The van der Waals surface area contributed by atoms with Gasteiger partial charge in [0.15, 0.2) is 0 Å². The SMILES string of the molecule is Cc1[nH]c(COP(=O)([O-])O)c(-c2ccc(Oc3ccc(OC(F)(F)F)cc3)cc2)c(=O)c1Cl.[Na+]. The topological polar surface area (TPSA) is 121 Å². The van der Waals surface area contributed by atoms with E-state index in [9.17, 15) is 27.4 Å². The molecular weight excluding hydrogens is 513 g/mol. The first kappa shape index (κ1) is 28.4. The van der Waals surface area contributed by atoms with E-state index in [2.05, 4.69) is 14.2 Å². The van der Waals surface area contributed by atoms with Crippen LogP contribution in [0, 0.1) is 6.92 Å². The summed E-state index contributed by atoms with van der Waals surface area (Å²) in [6, 6.07) is 10.7. The van der Waals surface area contributed by atoms with Gasteiger partial charge in [-0.2, -0.15) is 0 Å². The van der Waals surface area contributed by atoms with Crippen molar-refractivity contribution in [2.75, 3.05) is 0 Å². The molecule has 3 rings (SSSR count). The van der Waals surface area contributed by atoms with Gasteiger partial charge in [-0.1, -0.05) is 23.7 Å². The Morgan fingerprint density at radius 1 is 1.06 bits per heavy atom. The number of nitrogens with one attached hydrogen (secondary N) is 1. The number of pyridine rings is 1. The Bertz CT molecular complexity index is 1250. The first-order valence-corrected chi connectivity index (χ1v) is 10.9. The molecule has 0 radical (unpaired) electrons. The molecule has 14 heteroatoms. The summed E-state index contributed by atoms with van der Waals surface area (Å²) >= 11 is 6.03. The summed E-state index contributed by atoms with van der Waals surface area (Å²) in [5.41, 5.74) is 0.136. The van der Waals surface area contributed by atoms with E-state index in [4.69, 9.17) is 21.2 Å². The number of aryl methyl sites for hydroxylation is 1. The van der Waals surface area contributed by atoms with Gasteiger partial charge in [0.05, 0.1) is 17.9 Å². The van der Waals surface area contributed by atoms with Crippen LogP contribution in [-0.2, 0) is 15.7 Å². The second-order valence-corrected chi connectivity index (χ2v) is 8.21. The maximum absolute atomic E-state index is 12.7. The third kappa shape index (κ3) is 7.86. The maximum atomic E-state index is 12.7. The monoisotopic (exact) mass is 527 g/mol. The molecule has 34 heavy (non-hydrogen) atoms. The van der Waals surface area contributed by atoms with Crippen LogP contribution in [0.3, 0.4) is 0 Å². The zero-order chi connectivity index (χ0) is 24.4. The third-order valence-corrected chi connectivity index (χ3v) is 5.11. The number of halogens is 4. The molecule has 0 saturated carbocycles. The quantitative estimate of drug-likeness (QED) is 0.354. The molecule has 0 aliphatic rings. The number of alkyl halides is 3. The van der Waals surface area contributed by atoms with Gasteiger partial charge < -0.3 is 28.8 Å². The Kier molecular flexibility index (Phi) is 9.43. The van der Waals surface area contributed by atoms with E-state index >= 15 is 0 Å². The first-order chi connectivity index (χ1) is 15.3. The van der Waals surface area contributed by atoms with Gasteiger partial charge in [0.25, 0.3) is 7.82 Å². The molecule has 0 amide bonds. The molecule has 1 unspecified atom stereocenters. The van der Waals surface area contributed by atoms with E-state index < -0.39 is 32.0 Å². The van der Waals surface area contributed by atoms with E-state index in [1.165, 1.54) is 43.3 Å². The molecule has 0 fully saturated rings. The summed E-state index contributed by atoms with van der Waals surface area (Å²) in [7, 11) is -5.04. The number of ether oxygens (including phenoxy) is 2. The van der Waals surface area contributed by atoms with Crippen molar-refractivity contribution in [2.45, 2.75) is 19.9 Å². The number of aromatic amines is 1. The zero-order valence-electron chi connectivity index (χ0n) is 17.7. The minimum atomic E-state index is -5.04. The molecule has 3 aromatic rings. The molecule has 0 spiro atoms. The molecule has 1 atom stereocenters. The van der Waals surface area contributed by atoms with Gasteiger partial charge in [-0.05, 0) is 48.9 Å². The normalized spacial score (nSPS) is 13.0. The Morgan fingerprint density at radius 2 is 1.56 bits per heavy atom. The van der Waals surface area contributed by atoms with Crippen molar-refractivity contribution in [3.63, 3.8) is 0 Å². The van der Waals surface area contributed by atoms with Gasteiger partial charge in [-0.15, -0.1) is 13.2 Å². The van der Waals surface area contributed by atoms with Crippen LogP contribution in [0.5, 0.6) is 17.2 Å². The summed E-state index contributed by atoms with van der Waals surface area (Å²) in [5, 5.41) is -0.107. The second kappa shape index (κ2) is 11.3. The number of H-pyrrole nitrogens is 1. The fourth-order valence-corrected chi connectivity index (χ4v) is 3.29. The standard InChI is InChI=1S/C20H16ClF3NO7P.Na/c1-11-18(21)19(26)17(16(25-11)10-30-33(27,28)29)12-2-4-13(5-3-12)31-14-6-8-15(9-7-14)32-20(22,23)24;/h2-9H,10H2,1H3,(H,25,26)(H2,27,28,29);/q;+1/p-1. The van der Waals surface area contributed by atoms with Gasteiger partial charge in [-0.25, -0.2) is 0 Å². The fraction of sp³-hybridized carbons (Fsp3) is 0.150. The third-order valence-electron chi connectivity index (χ3n) is 4.20. The summed E-state index contributed by atoms with van der Waals surface area (Å²) in [5.74, 6) is 0.132.